The van der Waals surface area contributed by atoms with Crippen LogP contribution in [0.4, 0.5) is 10.5 Å². The quantitative estimate of drug-likeness (QED) is 0.0163. The summed E-state index contributed by atoms with van der Waals surface area (Å²) in [6.45, 7) is 10.5. The number of carbonyl (C=O) groups is 14. The molecule has 2 aliphatic carbocycles. The Hall–Kier alpha value is -9.98. The van der Waals surface area contributed by atoms with E-state index in [1.807, 2.05) is 73.7 Å². The lowest BCUT2D eigenvalue weighted by Crippen LogP contribution is -2.81. The van der Waals surface area contributed by atoms with E-state index in [0.29, 0.717) is 87.2 Å². The first-order valence-corrected chi connectivity index (χ1v) is 42.8. The number of carbonyl (C=O) groups excluding carboxylic acids is 8. The number of hydrogen-bond acceptors (Lipinski definition) is 25. The number of methoxy groups -OCH3 is 2. The molecule has 5 heterocycles. The fourth-order valence-electron chi connectivity index (χ4n) is 19.2. The van der Waals surface area contributed by atoms with Crippen LogP contribution in [0.3, 0.4) is 0 Å². The average Bonchev–Trinajstić information content (AvgIpc) is 1.47. The van der Waals surface area contributed by atoms with Crippen molar-refractivity contribution in [3.63, 3.8) is 0 Å². The van der Waals surface area contributed by atoms with Crippen molar-refractivity contribution in [1.29, 1.82) is 0 Å². The maximum Gasteiger partial charge on any atom is 0.327 e. The molecule has 120 heavy (non-hydrogen) atoms. The fourth-order valence-corrected chi connectivity index (χ4v) is 21.1. The van der Waals surface area contributed by atoms with Gasteiger partial charge >= 0.3 is 53.8 Å². The van der Waals surface area contributed by atoms with E-state index in [9.17, 15) is 103 Å². The molecule has 2 bridgehead atoms. The van der Waals surface area contributed by atoms with Crippen molar-refractivity contribution in [2.75, 3.05) is 83.5 Å². The Morgan fingerprint density at radius 1 is 0.675 bits per heavy atom. The number of benzene rings is 3. The van der Waals surface area contributed by atoms with Crippen molar-refractivity contribution in [3.8, 4) is 5.75 Å². The summed E-state index contributed by atoms with van der Waals surface area (Å²) in [5.74, 6) is -15.8. The molecule has 1 spiro atoms. The second-order valence-corrected chi connectivity index (χ2v) is 34.7. The summed E-state index contributed by atoms with van der Waals surface area (Å²) < 4.78 is 17.5. The number of likely N-dealkylation sites (N-methyl/N-ethyl adjacent to an activating group) is 1. The summed E-state index contributed by atoms with van der Waals surface area (Å²) >= 11 is 0. The van der Waals surface area contributed by atoms with Crippen molar-refractivity contribution in [2.45, 2.75) is 201 Å². The predicted molar refractivity (Wildman–Crippen MR) is 437 cm³/mol. The highest BCUT2D eigenvalue weighted by Crippen LogP contribution is 2.68. The van der Waals surface area contributed by atoms with Gasteiger partial charge in [0.15, 0.2) is 11.4 Å². The molecule has 3 aromatic rings. The molecular weight excluding hydrogens is 1600 g/mol. The summed E-state index contributed by atoms with van der Waals surface area (Å²) in [5, 5.41) is 105. The number of ketones is 2. The smallest absolute Gasteiger partial charge is 0.327 e. The highest BCUT2D eigenvalue weighted by Gasteiger charge is 2.79. The minimum atomic E-state index is -2.39. The second-order valence-electron chi connectivity index (χ2n) is 31.9. The predicted octanol–water partition coefficient (Wildman–Crippen LogP) is 4.28. The number of nitrogens with one attached hydrogen (secondary N) is 5. The third-order valence-corrected chi connectivity index (χ3v) is 27.1. The third-order valence-electron chi connectivity index (χ3n) is 24.7. The van der Waals surface area contributed by atoms with Crippen LogP contribution in [0.25, 0.3) is 5.57 Å². The lowest BCUT2D eigenvalue weighted by atomic mass is 9.47. The van der Waals surface area contributed by atoms with Crippen LogP contribution >= 0.6 is 21.6 Å². The monoisotopic (exact) mass is 1710 g/mol. The molecule has 14 N–H and O–H groups in total. The summed E-state index contributed by atoms with van der Waals surface area (Å²) in [4.78, 5) is 183. The fraction of sp³-hybridized carbons (Fsp3) is 0.571. The van der Waals surface area contributed by atoms with E-state index in [2.05, 4.69) is 43.9 Å². The van der Waals surface area contributed by atoms with E-state index in [-0.39, 0.29) is 30.7 Å². The van der Waals surface area contributed by atoms with Gasteiger partial charge in [-0.25, -0.2) is 19.2 Å². The zero-order chi connectivity index (χ0) is 87.9. The second kappa shape index (κ2) is 40.6. The van der Waals surface area contributed by atoms with Crippen molar-refractivity contribution < 1.29 is 127 Å². The largest absolute Gasteiger partial charge is 0.496 e. The number of esters is 2. The Balaban J connectivity index is 0.000000273. The summed E-state index contributed by atoms with van der Waals surface area (Å²) in [5.41, 5.74) is 0.618. The third kappa shape index (κ3) is 20.4. The van der Waals surface area contributed by atoms with Crippen LogP contribution in [0, 0.1) is 23.2 Å². The molecule has 5 amide bonds. The molecule has 2 saturated heterocycles. The summed E-state index contributed by atoms with van der Waals surface area (Å²) in [6.07, 6.45) is 0.585. The van der Waals surface area contributed by atoms with E-state index in [1.165, 1.54) is 28.7 Å². The van der Waals surface area contributed by atoms with Crippen molar-refractivity contribution in [2.24, 2.45) is 23.2 Å². The van der Waals surface area contributed by atoms with Gasteiger partial charge in [-0.1, -0.05) is 109 Å². The topological polar surface area (TPSA) is 519 Å². The average molecular weight is 1710 g/mol. The zero-order valence-corrected chi connectivity index (χ0v) is 69.9. The summed E-state index contributed by atoms with van der Waals surface area (Å²) in [6, 6.07) is 11.9. The molecule has 36 heteroatoms. The Bertz CT molecular complexity index is 4430. The number of aliphatic hydroxyl groups excluding tert-OH is 1. The number of hydrogen-bond donors (Lipinski definition) is 14. The maximum absolute atomic E-state index is 15.4. The molecule has 1 saturated carbocycles. The molecule has 34 nitrogen and oxygen atoms in total. The number of urea groups is 1. The van der Waals surface area contributed by atoms with Crippen molar-refractivity contribution in [3.05, 3.63) is 112 Å². The Kier molecular flexibility index (Phi) is 31.8. The van der Waals surface area contributed by atoms with Gasteiger partial charge in [0.25, 0.3) is 5.91 Å². The molecule has 0 radical (unpaired) electrons. The number of fused-ring (bicyclic) bond motifs is 5. The standard InChI is InChI=1S/C48H62N4O9.C36H48N4O17S2/c1-7-44(57)24-29-25-47(43(56)60-6,33-21-30-13-10-11-14-31(30)32(33)15-19-51(27-29)28-44)35-22-34-36(23-37(35)59-5)50(4)40-46(34)17-20-52-18-12-16-45(8-2,39(46)52)41(54)48(40,58)42(55)49-26-38(53)61-9-3;1-2-58-59-18-26(35(55)56)38-31(48)21(14-19-6-4-3-5-7-19)16-27(42)25(17-30(46)47)37-28(43)12-8-20(32(49)50)15-22(41)9-10-23(33(51)52)39-36(57)40-24(34(53)54)11-13-29(44)45/h10-14,16,22-23,29,39-41,54,57-58H,7-9,15,17-21,24-28H2,1-6H3,(H,49,55);3-7,20-21,23-26H,2,8-18H2,1H3,(H,37,43)(H,38,48)(H,44,45)(H,46,47)(H,49,50)(H,51,52)(H,53,54)(H,55,56)(H2,39,40,57)/t29?,39-,40+,41+,44-,45+,46+,47+,48-;20-,21-,23?,24+,25+,26+/m01/s1. The number of anilines is 1. The number of carboxylic acid groups (broad SMARTS) is 6. The Morgan fingerprint density at radius 3 is 1.97 bits per heavy atom. The van der Waals surface area contributed by atoms with E-state index < -0.39 is 223 Å². The highest BCUT2D eigenvalue weighted by molar-refractivity contribution is 8.76. The SMILES string of the molecule is CCOC(=O)CNC(=O)[C@@]1(O)[C@H](O)[C@]2(CC)C=CCN3CC[C@@]4(c5cc([C@@]6(C(=O)OC)CC7CN(CCC8=C6Cc6ccccc68)C[C@](O)(CC)C7)c(OC)cc5N(C)[C@@H]14)[C@@H]32.CCSSC[C@H](NC(=O)[C@@H](CC(=O)[C@H](CC(=O)O)NC(=O)CC[C@H](CC(=O)CCC(NC(=O)N[C@@H](CCC(=O)O)C(=O)O)C(=O)O)C(=O)O)Cc1ccccc1)C(=O)O. The van der Waals surface area contributed by atoms with Gasteiger partial charge in [-0.05, 0) is 129 Å². The van der Waals surface area contributed by atoms with Crippen LogP contribution in [0.1, 0.15) is 152 Å². The molecule has 3 unspecified atom stereocenters. The number of piperidine rings is 1. The van der Waals surface area contributed by atoms with Crippen molar-refractivity contribution in [1.82, 2.24) is 36.4 Å². The molecule has 3 fully saturated rings. The molecule has 7 aliphatic rings. The normalized spacial score (nSPS) is 25.6. The summed E-state index contributed by atoms with van der Waals surface area (Å²) in [7, 11) is 7.51. The van der Waals surface area contributed by atoms with Crippen LogP contribution in [0.5, 0.6) is 5.75 Å². The van der Waals surface area contributed by atoms with Gasteiger partial charge in [0, 0.05) is 117 Å². The van der Waals surface area contributed by atoms with Crippen LogP contribution in [0.15, 0.2) is 84.5 Å². The molecule has 0 aromatic heterocycles. The van der Waals surface area contributed by atoms with Gasteiger partial charge in [-0.2, -0.15) is 0 Å². The number of nitrogens with zero attached hydrogens (tertiary/aromatic N) is 3. The molecular formula is C84H110N8O26S2. The lowest BCUT2D eigenvalue weighted by molar-refractivity contribution is -0.203. The number of aliphatic hydroxyl groups is 3. The van der Waals surface area contributed by atoms with E-state index >= 15 is 4.79 Å². The number of amides is 5. The van der Waals surface area contributed by atoms with Crippen LogP contribution in [0.2, 0.25) is 0 Å². The van der Waals surface area contributed by atoms with Gasteiger partial charge in [0.2, 0.25) is 11.8 Å². The Labute approximate surface area is 702 Å². The number of ether oxygens (including phenoxy) is 3. The van der Waals surface area contributed by atoms with Crippen LogP contribution < -0.4 is 36.2 Å². The minimum absolute atomic E-state index is 0.0142. The van der Waals surface area contributed by atoms with Gasteiger partial charge in [-0.15, -0.1) is 0 Å². The van der Waals surface area contributed by atoms with Gasteiger partial charge < -0.3 is 91.7 Å². The van der Waals surface area contributed by atoms with Gasteiger partial charge in [0.05, 0.1) is 50.8 Å². The number of rotatable bonds is 40. The number of carboxylic acids is 6. The van der Waals surface area contributed by atoms with Gasteiger partial charge in [0.1, 0.15) is 47.7 Å². The first-order chi connectivity index (χ1) is 56.9. The molecule has 3 aromatic carbocycles. The van der Waals surface area contributed by atoms with Crippen LogP contribution in [-0.4, -0.2) is 271 Å². The maximum atomic E-state index is 15.4. The molecule has 10 rings (SSSR count). The van der Waals surface area contributed by atoms with Crippen molar-refractivity contribution >= 4 is 116 Å². The Morgan fingerprint density at radius 2 is 1.35 bits per heavy atom. The van der Waals surface area contributed by atoms with Gasteiger partial charge in [-0.3, -0.25) is 57.7 Å². The first kappa shape index (κ1) is 93.9. The van der Waals surface area contributed by atoms with E-state index in [0.717, 1.165) is 46.6 Å². The number of Topliss-reactive ketones (excluding diaryl/α,β-unsaturated/α-hetero) is 2. The lowest BCUT2D eigenvalue weighted by Gasteiger charge is -2.63. The molecule has 16 atom stereocenters. The molecule has 654 valence electrons. The number of aliphatic carboxylic acids is 6. The first-order valence-electron chi connectivity index (χ1n) is 40.4. The van der Waals surface area contributed by atoms with Crippen LogP contribution in [-0.2, 0) is 95.5 Å². The zero-order valence-electron chi connectivity index (χ0n) is 68.3. The minimum Gasteiger partial charge on any atom is -0.496 e. The molecule has 5 aliphatic heterocycles. The van der Waals surface area contributed by atoms with E-state index in [1.54, 1.807) is 44.4 Å². The highest BCUT2D eigenvalue weighted by atomic mass is 33.1. The van der Waals surface area contributed by atoms with E-state index in [4.69, 9.17) is 19.3 Å².